The number of hydrogen-bond acceptors (Lipinski definition) is 6. The lowest BCUT2D eigenvalue weighted by Crippen LogP contribution is -2.33. The van der Waals surface area contributed by atoms with E-state index in [-0.39, 0.29) is 17.5 Å². The summed E-state index contributed by atoms with van der Waals surface area (Å²) >= 11 is 1.08. The Bertz CT molecular complexity index is 1240. The van der Waals surface area contributed by atoms with E-state index in [4.69, 9.17) is 5.11 Å². The van der Waals surface area contributed by atoms with Gasteiger partial charge in [-0.1, -0.05) is 60.3 Å². The molecule has 2 amide bonds. The van der Waals surface area contributed by atoms with E-state index < -0.39 is 23.7 Å². The largest absolute Gasteiger partial charge is 0.480 e. The molecule has 1 aliphatic heterocycles. The first-order chi connectivity index (χ1) is 15.5. The number of carbonyl (C=O) groups is 3. The zero-order valence-electron chi connectivity index (χ0n) is 16.7. The maximum atomic E-state index is 12.1. The normalized spacial score (nSPS) is 17.2. The van der Waals surface area contributed by atoms with Gasteiger partial charge in [0.05, 0.1) is 11.9 Å². The van der Waals surface area contributed by atoms with Crippen LogP contribution in [0.1, 0.15) is 12.0 Å². The van der Waals surface area contributed by atoms with Crippen molar-refractivity contribution in [3.05, 3.63) is 60.2 Å². The molecule has 4 rings (SSSR count). The second-order valence-corrected chi connectivity index (χ2v) is 8.14. The zero-order chi connectivity index (χ0) is 22.5. The third-order valence-corrected chi connectivity index (χ3v) is 5.80. The number of rotatable bonds is 7. The number of aromatic nitrogens is 1. The first kappa shape index (κ1) is 21.3. The van der Waals surface area contributed by atoms with Crippen LogP contribution in [0.25, 0.3) is 22.2 Å². The molecule has 1 fully saturated rings. The molecular weight excluding hydrogens is 430 g/mol. The van der Waals surface area contributed by atoms with Crippen molar-refractivity contribution in [2.75, 3.05) is 6.54 Å². The molecule has 0 spiro atoms. The fourth-order valence-corrected chi connectivity index (χ4v) is 4.19. The maximum absolute atomic E-state index is 12.1. The van der Waals surface area contributed by atoms with E-state index in [0.717, 1.165) is 39.5 Å². The Morgan fingerprint density at radius 2 is 1.88 bits per heavy atom. The van der Waals surface area contributed by atoms with Gasteiger partial charge in [-0.15, -0.1) is 5.10 Å². The molecule has 2 heterocycles. The van der Waals surface area contributed by atoms with Crippen LogP contribution in [-0.4, -0.2) is 51.1 Å². The molecule has 2 aromatic carbocycles. The smallest absolute Gasteiger partial charge is 0.322 e. The number of thioether (sulfide) groups is 1. The SMILES string of the molecule is O=C(O)CNC(=O)C[C@H]1S/C(=N\N=C/c2c(-c3ccccc3)[nH]c3ccccc23)NC1=O. The predicted octanol–water partition coefficient (Wildman–Crippen LogP) is 2.35. The molecule has 1 aliphatic rings. The second-order valence-electron chi connectivity index (χ2n) is 6.95. The van der Waals surface area contributed by atoms with Crippen LogP contribution in [0.15, 0.2) is 64.8 Å². The summed E-state index contributed by atoms with van der Waals surface area (Å²) in [7, 11) is 0. The molecule has 1 saturated heterocycles. The molecule has 0 aliphatic carbocycles. The van der Waals surface area contributed by atoms with Crippen LogP contribution >= 0.6 is 11.8 Å². The van der Waals surface area contributed by atoms with Gasteiger partial charge in [-0.2, -0.15) is 5.10 Å². The lowest BCUT2D eigenvalue weighted by molar-refractivity contribution is -0.137. The monoisotopic (exact) mass is 449 g/mol. The van der Waals surface area contributed by atoms with Gasteiger partial charge >= 0.3 is 5.97 Å². The first-order valence-corrected chi connectivity index (χ1v) is 10.6. The number of carboxylic acids is 1. The summed E-state index contributed by atoms with van der Waals surface area (Å²) < 4.78 is 0. The second kappa shape index (κ2) is 9.48. The summed E-state index contributed by atoms with van der Waals surface area (Å²) in [6, 6.07) is 17.7. The van der Waals surface area contributed by atoms with Crippen molar-refractivity contribution in [2.24, 2.45) is 10.2 Å². The van der Waals surface area contributed by atoms with Crippen LogP contribution in [0.5, 0.6) is 0 Å². The Morgan fingerprint density at radius 3 is 2.66 bits per heavy atom. The lowest BCUT2D eigenvalue weighted by Gasteiger charge is -2.04. The first-order valence-electron chi connectivity index (χ1n) is 9.74. The molecule has 3 aromatic rings. The Balaban J connectivity index is 1.51. The minimum atomic E-state index is -1.15. The number of benzene rings is 2. The van der Waals surface area contributed by atoms with E-state index in [1.807, 2.05) is 54.6 Å². The van der Waals surface area contributed by atoms with Gasteiger partial charge in [0, 0.05) is 22.9 Å². The number of H-pyrrole nitrogens is 1. The van der Waals surface area contributed by atoms with E-state index >= 15 is 0 Å². The average Bonchev–Trinajstić information content (AvgIpc) is 3.33. The molecule has 162 valence electrons. The molecule has 0 saturated carbocycles. The number of aliphatic carboxylic acids is 1. The molecule has 10 heteroatoms. The van der Waals surface area contributed by atoms with Gasteiger partial charge < -0.3 is 20.7 Å². The van der Waals surface area contributed by atoms with Crippen molar-refractivity contribution in [1.29, 1.82) is 0 Å². The van der Waals surface area contributed by atoms with E-state index in [1.54, 1.807) is 6.21 Å². The number of fused-ring (bicyclic) bond motifs is 1. The van der Waals surface area contributed by atoms with Crippen molar-refractivity contribution in [3.8, 4) is 11.3 Å². The average molecular weight is 449 g/mol. The van der Waals surface area contributed by atoms with Crippen LogP contribution in [0.3, 0.4) is 0 Å². The minimum Gasteiger partial charge on any atom is -0.480 e. The van der Waals surface area contributed by atoms with Gasteiger partial charge in [0.25, 0.3) is 0 Å². The van der Waals surface area contributed by atoms with Crippen molar-refractivity contribution >= 4 is 51.8 Å². The fraction of sp³-hybridized carbons (Fsp3) is 0.136. The van der Waals surface area contributed by atoms with Crippen molar-refractivity contribution in [3.63, 3.8) is 0 Å². The summed E-state index contributed by atoms with van der Waals surface area (Å²) in [6.45, 7) is -0.489. The molecule has 9 nitrogen and oxygen atoms in total. The Hall–Kier alpha value is -3.92. The van der Waals surface area contributed by atoms with Crippen molar-refractivity contribution in [2.45, 2.75) is 11.7 Å². The molecule has 0 radical (unpaired) electrons. The highest BCUT2D eigenvalue weighted by Gasteiger charge is 2.32. The van der Waals surface area contributed by atoms with Crippen LogP contribution in [0, 0.1) is 0 Å². The highest BCUT2D eigenvalue weighted by Crippen LogP contribution is 2.29. The molecule has 4 N–H and O–H groups in total. The Morgan fingerprint density at radius 1 is 1.12 bits per heavy atom. The fourth-order valence-electron chi connectivity index (χ4n) is 3.27. The summed E-state index contributed by atoms with van der Waals surface area (Å²) in [6.07, 6.45) is 1.49. The predicted molar refractivity (Wildman–Crippen MR) is 124 cm³/mol. The third-order valence-electron chi connectivity index (χ3n) is 4.73. The summed E-state index contributed by atoms with van der Waals surface area (Å²) in [5.74, 6) is -2.03. The van der Waals surface area contributed by atoms with Gasteiger partial charge in [-0.25, -0.2) is 0 Å². The van der Waals surface area contributed by atoms with E-state index in [1.165, 1.54) is 0 Å². The van der Waals surface area contributed by atoms with Gasteiger partial charge in [0.1, 0.15) is 11.8 Å². The van der Waals surface area contributed by atoms with E-state index in [9.17, 15) is 14.4 Å². The number of amides is 2. The number of nitrogens with zero attached hydrogens (tertiary/aromatic N) is 2. The topological polar surface area (TPSA) is 136 Å². The molecule has 0 unspecified atom stereocenters. The van der Waals surface area contributed by atoms with Crippen LogP contribution in [-0.2, 0) is 14.4 Å². The number of nitrogens with one attached hydrogen (secondary N) is 3. The summed E-state index contributed by atoms with van der Waals surface area (Å²) in [4.78, 5) is 37.8. The summed E-state index contributed by atoms with van der Waals surface area (Å²) in [5.41, 5.74) is 3.76. The Labute approximate surface area is 187 Å². The lowest BCUT2D eigenvalue weighted by atomic mass is 10.1. The number of carboxylic acid groups (broad SMARTS) is 1. The molecular formula is C22H19N5O4S. The minimum absolute atomic E-state index is 0.146. The molecule has 1 aromatic heterocycles. The number of amidine groups is 1. The van der Waals surface area contributed by atoms with Crippen molar-refractivity contribution < 1.29 is 19.5 Å². The summed E-state index contributed by atoms with van der Waals surface area (Å²) in [5, 5.41) is 22.3. The van der Waals surface area contributed by atoms with Crippen molar-refractivity contribution in [1.82, 2.24) is 15.6 Å². The van der Waals surface area contributed by atoms with Gasteiger partial charge in [0.15, 0.2) is 5.17 Å². The van der Waals surface area contributed by atoms with E-state index in [2.05, 4.69) is 25.8 Å². The van der Waals surface area contributed by atoms with Crippen LogP contribution in [0.4, 0.5) is 0 Å². The zero-order valence-corrected chi connectivity index (χ0v) is 17.6. The van der Waals surface area contributed by atoms with Gasteiger partial charge in [-0.3, -0.25) is 14.4 Å². The quantitative estimate of drug-likeness (QED) is 0.324. The van der Waals surface area contributed by atoms with Gasteiger partial charge in [0.2, 0.25) is 11.8 Å². The van der Waals surface area contributed by atoms with Crippen LogP contribution < -0.4 is 10.6 Å². The standard InChI is InChI=1S/C22H19N5O4S/c28-18(23-12-19(29)30)10-17-21(31)26-22(32-17)27-24-11-15-14-8-4-5-9-16(14)25-20(15)13-6-2-1-3-7-13/h1-9,11,17,25H,10,12H2,(H,23,28)(H,29,30)(H,26,27,31)/b24-11-/t17-/m1/s1. The van der Waals surface area contributed by atoms with Crippen LogP contribution in [0.2, 0.25) is 0 Å². The number of para-hydroxylation sites is 1. The molecule has 32 heavy (non-hydrogen) atoms. The van der Waals surface area contributed by atoms with E-state index in [0.29, 0.717) is 0 Å². The molecule has 0 bridgehead atoms. The van der Waals surface area contributed by atoms with Gasteiger partial charge in [-0.05, 0) is 11.6 Å². The Kier molecular flexibility index (Phi) is 6.31. The highest BCUT2D eigenvalue weighted by atomic mass is 32.2. The number of hydrogen-bond donors (Lipinski definition) is 4. The third kappa shape index (κ3) is 4.86. The number of carbonyl (C=O) groups excluding carboxylic acids is 2. The number of aromatic amines is 1. The highest BCUT2D eigenvalue weighted by molar-refractivity contribution is 8.15. The molecule has 1 atom stereocenters. The maximum Gasteiger partial charge on any atom is 0.322 e.